The molecule has 0 spiro atoms. The molecule has 2 aromatic heterocycles. The van der Waals surface area contributed by atoms with Gasteiger partial charge in [-0.05, 0) is 55.5 Å². The first kappa shape index (κ1) is 30.5. The van der Waals surface area contributed by atoms with E-state index in [-0.39, 0.29) is 76.8 Å². The molecule has 2 heterocycles. The van der Waals surface area contributed by atoms with Crippen LogP contribution in [0.3, 0.4) is 0 Å². The van der Waals surface area contributed by atoms with E-state index in [0.717, 1.165) is 10.7 Å². The first-order chi connectivity index (χ1) is 21.3. The number of benzene rings is 2. The van der Waals surface area contributed by atoms with Crippen molar-refractivity contribution in [1.29, 1.82) is 0 Å². The third-order valence-electron chi connectivity index (χ3n) is 8.59. The summed E-state index contributed by atoms with van der Waals surface area (Å²) in [6.45, 7) is 0.159. The van der Waals surface area contributed by atoms with Crippen molar-refractivity contribution in [3.63, 3.8) is 0 Å². The van der Waals surface area contributed by atoms with Crippen molar-refractivity contribution < 1.29 is 41.6 Å². The second-order valence-electron chi connectivity index (χ2n) is 11.4. The first-order valence-electron chi connectivity index (χ1n) is 14.0. The molecule has 0 aliphatic heterocycles. The Morgan fingerprint density at radius 1 is 1.18 bits per heavy atom. The molecule has 1 atom stereocenters. The van der Waals surface area contributed by atoms with Gasteiger partial charge in [-0.1, -0.05) is 28.9 Å². The molecule has 1 fully saturated rings. The molecular weight excluding hydrogens is 620 g/mol. The van der Waals surface area contributed by atoms with Crippen molar-refractivity contribution in [1.82, 2.24) is 19.8 Å². The smallest absolute Gasteiger partial charge is 0.398 e. The molecular formula is C31H25ClF4N4O5. The number of halogens is 5. The molecule has 1 N–H and O–H groups in total. The standard InChI is InChI=1S/C31H25ClF4N4O5/c1-39(15-18-9-12-45-38-18)27(41)16-5-8-20-24(14-16)40(37-26(20)19-7-6-17(29(43)44)13-23(19)33)28(42)25-21(3-2-4-22(25)32)30(10-11-30)31(34,35)36/h2-4,6-7,9,12-13,16H,5,8,10-11,14-15H2,1H3,(H,43,44)/t16-/m0/s1. The largest absolute Gasteiger partial charge is 0.478 e. The van der Waals surface area contributed by atoms with Gasteiger partial charge in [-0.15, -0.1) is 0 Å². The van der Waals surface area contributed by atoms with Gasteiger partial charge < -0.3 is 14.5 Å². The average molecular weight is 645 g/mol. The highest BCUT2D eigenvalue weighted by molar-refractivity contribution is 6.34. The molecule has 0 unspecified atom stereocenters. The number of carbonyl (C=O) groups excluding carboxylic acids is 2. The molecule has 6 rings (SSSR count). The second-order valence-corrected chi connectivity index (χ2v) is 11.8. The fourth-order valence-corrected chi connectivity index (χ4v) is 6.33. The summed E-state index contributed by atoms with van der Waals surface area (Å²) < 4.78 is 63.7. The van der Waals surface area contributed by atoms with Crippen LogP contribution in [0.5, 0.6) is 0 Å². The zero-order valence-electron chi connectivity index (χ0n) is 23.7. The molecule has 2 aliphatic rings. The maximum atomic E-state index is 15.3. The maximum absolute atomic E-state index is 15.3. The summed E-state index contributed by atoms with van der Waals surface area (Å²) in [7, 11) is 1.59. The van der Waals surface area contributed by atoms with E-state index in [9.17, 15) is 32.7 Å². The molecule has 0 saturated heterocycles. The Hall–Kier alpha value is -4.52. The predicted octanol–water partition coefficient (Wildman–Crippen LogP) is 6.07. The maximum Gasteiger partial charge on any atom is 0.398 e. The van der Waals surface area contributed by atoms with Crippen LogP contribution < -0.4 is 0 Å². The van der Waals surface area contributed by atoms with Crippen LogP contribution in [0.2, 0.25) is 5.02 Å². The lowest BCUT2D eigenvalue weighted by Gasteiger charge is -2.27. The zero-order chi connectivity index (χ0) is 32.3. The number of aromatic nitrogens is 3. The summed E-state index contributed by atoms with van der Waals surface area (Å²) in [4.78, 5) is 40.5. The Morgan fingerprint density at radius 3 is 2.56 bits per heavy atom. The number of rotatable bonds is 7. The van der Waals surface area contributed by atoms with Crippen molar-refractivity contribution in [2.24, 2.45) is 5.92 Å². The number of nitrogens with zero attached hydrogens (tertiary/aromatic N) is 4. The Kier molecular flexibility index (Phi) is 7.54. The minimum atomic E-state index is -4.64. The van der Waals surface area contributed by atoms with Crippen LogP contribution in [0.15, 0.2) is 53.3 Å². The third kappa shape index (κ3) is 5.28. The molecule has 0 bridgehead atoms. The molecule has 234 valence electrons. The molecule has 2 aliphatic carbocycles. The number of hydrogen-bond donors (Lipinski definition) is 1. The Labute approximate surface area is 258 Å². The van der Waals surface area contributed by atoms with Crippen LogP contribution in [0, 0.1) is 11.7 Å². The van der Waals surface area contributed by atoms with Gasteiger partial charge in [0.2, 0.25) is 5.91 Å². The minimum Gasteiger partial charge on any atom is -0.478 e. The molecule has 0 radical (unpaired) electrons. The highest BCUT2D eigenvalue weighted by Crippen LogP contribution is 2.60. The number of aromatic carboxylic acids is 1. The van der Waals surface area contributed by atoms with Crippen LogP contribution >= 0.6 is 11.6 Å². The summed E-state index contributed by atoms with van der Waals surface area (Å²) in [5, 5.41) is 17.3. The van der Waals surface area contributed by atoms with Gasteiger partial charge in [0.25, 0.3) is 5.91 Å². The van der Waals surface area contributed by atoms with Crippen LogP contribution in [0.25, 0.3) is 11.3 Å². The van der Waals surface area contributed by atoms with Gasteiger partial charge in [0.05, 0.1) is 39.5 Å². The number of carbonyl (C=O) groups is 3. The lowest BCUT2D eigenvalue weighted by atomic mass is 9.84. The topological polar surface area (TPSA) is 119 Å². The van der Waals surface area contributed by atoms with Gasteiger partial charge in [-0.2, -0.15) is 23.0 Å². The van der Waals surface area contributed by atoms with Crippen molar-refractivity contribution in [2.75, 3.05) is 7.05 Å². The summed E-state index contributed by atoms with van der Waals surface area (Å²) in [5.41, 5.74) is -2.06. The van der Waals surface area contributed by atoms with Crippen molar-refractivity contribution >= 4 is 29.4 Å². The molecule has 4 aromatic rings. The fraction of sp³-hybridized carbons (Fsp3) is 0.323. The summed E-state index contributed by atoms with van der Waals surface area (Å²) in [5.74, 6) is -4.10. The number of carboxylic acids is 1. The lowest BCUT2D eigenvalue weighted by molar-refractivity contribution is -0.160. The normalized spacial score (nSPS) is 17.1. The van der Waals surface area contributed by atoms with Gasteiger partial charge in [0.15, 0.2) is 0 Å². The van der Waals surface area contributed by atoms with E-state index in [4.69, 9.17) is 16.1 Å². The number of fused-ring (bicyclic) bond motifs is 1. The van der Waals surface area contributed by atoms with Gasteiger partial charge in [0, 0.05) is 36.6 Å². The van der Waals surface area contributed by atoms with E-state index < -0.39 is 35.2 Å². The van der Waals surface area contributed by atoms with E-state index in [0.29, 0.717) is 17.7 Å². The Balaban J connectivity index is 1.45. The highest BCUT2D eigenvalue weighted by Gasteiger charge is 2.65. The van der Waals surface area contributed by atoms with Crippen LogP contribution in [-0.2, 0) is 29.6 Å². The second kappa shape index (κ2) is 11.1. The third-order valence-corrected chi connectivity index (χ3v) is 8.90. The van der Waals surface area contributed by atoms with Gasteiger partial charge >= 0.3 is 12.1 Å². The van der Waals surface area contributed by atoms with Crippen LogP contribution in [-0.4, -0.2) is 56.0 Å². The van der Waals surface area contributed by atoms with E-state index in [1.165, 1.54) is 41.5 Å². The fourth-order valence-electron chi connectivity index (χ4n) is 6.08. The van der Waals surface area contributed by atoms with Gasteiger partial charge in [-0.25, -0.2) is 9.18 Å². The quantitative estimate of drug-likeness (QED) is 0.243. The summed E-state index contributed by atoms with van der Waals surface area (Å²) in [6.07, 6.45) is -3.21. The van der Waals surface area contributed by atoms with Gasteiger partial charge in [-0.3, -0.25) is 9.59 Å². The van der Waals surface area contributed by atoms with Crippen LogP contribution in [0.4, 0.5) is 17.6 Å². The Bertz CT molecular complexity index is 1830. The van der Waals surface area contributed by atoms with Crippen molar-refractivity contribution in [3.05, 3.63) is 93.2 Å². The molecule has 14 heteroatoms. The number of amides is 1. The molecule has 45 heavy (non-hydrogen) atoms. The monoisotopic (exact) mass is 644 g/mol. The van der Waals surface area contributed by atoms with Gasteiger partial charge in [0.1, 0.15) is 17.8 Å². The predicted molar refractivity (Wildman–Crippen MR) is 151 cm³/mol. The Morgan fingerprint density at radius 2 is 1.93 bits per heavy atom. The average Bonchev–Trinajstić information content (AvgIpc) is 3.52. The van der Waals surface area contributed by atoms with Crippen molar-refractivity contribution in [2.45, 2.75) is 50.2 Å². The van der Waals surface area contributed by atoms with E-state index in [1.807, 2.05) is 0 Å². The molecule has 1 amide bonds. The number of alkyl halides is 3. The molecule has 9 nitrogen and oxygen atoms in total. The number of carboxylic acid groups (broad SMARTS) is 1. The zero-order valence-corrected chi connectivity index (χ0v) is 24.5. The lowest BCUT2D eigenvalue weighted by Crippen LogP contribution is -2.36. The van der Waals surface area contributed by atoms with E-state index >= 15 is 4.39 Å². The SMILES string of the molecule is CN(Cc1ccon1)C(=O)[C@H]1CCc2c(-c3ccc(C(=O)O)cc3F)nn(C(=O)c3c(Cl)cccc3C3(C(F)(F)F)CC3)c2C1. The first-order valence-corrected chi connectivity index (χ1v) is 14.4. The summed E-state index contributed by atoms with van der Waals surface area (Å²) >= 11 is 6.41. The van der Waals surface area contributed by atoms with Crippen molar-refractivity contribution in [3.8, 4) is 11.3 Å². The minimum absolute atomic E-state index is 0.0188. The van der Waals surface area contributed by atoms with E-state index in [2.05, 4.69) is 10.3 Å². The number of hydrogen-bond acceptors (Lipinski definition) is 6. The molecule has 2 aromatic carbocycles. The van der Waals surface area contributed by atoms with Crippen LogP contribution in [0.1, 0.15) is 62.5 Å². The highest BCUT2D eigenvalue weighted by atomic mass is 35.5. The van der Waals surface area contributed by atoms with E-state index in [1.54, 1.807) is 13.1 Å². The molecule has 1 saturated carbocycles. The summed E-state index contributed by atoms with van der Waals surface area (Å²) in [6, 6.07) is 8.75.